The second-order valence-electron chi connectivity index (χ2n) is 4.77. The molecule has 1 aromatic carbocycles. The molecule has 0 fully saturated rings. The lowest BCUT2D eigenvalue weighted by molar-refractivity contribution is 0.254. The summed E-state index contributed by atoms with van der Waals surface area (Å²) in [5.74, 6) is 0. The first kappa shape index (κ1) is 14.2. The average Bonchev–Trinajstić information content (AvgIpc) is 2.37. The van der Waals surface area contributed by atoms with Gasteiger partial charge in [0.05, 0.1) is 0 Å². The fourth-order valence-corrected chi connectivity index (χ4v) is 1.81. The van der Waals surface area contributed by atoms with Gasteiger partial charge in [0.15, 0.2) is 0 Å². The van der Waals surface area contributed by atoms with E-state index in [0.717, 1.165) is 26.1 Å². The van der Waals surface area contributed by atoms with Crippen LogP contribution in [0.25, 0.3) is 0 Å². The Morgan fingerprint density at radius 3 is 2.59 bits per heavy atom. The second kappa shape index (κ2) is 8.26. The van der Waals surface area contributed by atoms with Crippen molar-refractivity contribution in [2.75, 3.05) is 26.7 Å². The Bertz CT molecular complexity index is 284. The van der Waals surface area contributed by atoms with Gasteiger partial charge in [-0.05, 0) is 38.9 Å². The largest absolute Gasteiger partial charge is 0.315 e. The highest BCUT2D eigenvalue weighted by Crippen LogP contribution is 2.02. The van der Waals surface area contributed by atoms with Crippen LogP contribution in [0, 0.1) is 0 Å². The zero-order chi connectivity index (χ0) is 12.5. The molecule has 0 amide bonds. The van der Waals surface area contributed by atoms with Gasteiger partial charge in [0.2, 0.25) is 0 Å². The Labute approximate surface area is 106 Å². The van der Waals surface area contributed by atoms with Crippen molar-refractivity contribution in [3.63, 3.8) is 0 Å². The van der Waals surface area contributed by atoms with Gasteiger partial charge in [-0.15, -0.1) is 0 Å². The van der Waals surface area contributed by atoms with Gasteiger partial charge < -0.3 is 10.2 Å². The minimum atomic E-state index is 0.602. The van der Waals surface area contributed by atoms with Crippen molar-refractivity contribution in [2.45, 2.75) is 32.7 Å². The Hall–Kier alpha value is -0.860. The maximum absolute atomic E-state index is 3.47. The van der Waals surface area contributed by atoms with Gasteiger partial charge in [0, 0.05) is 19.1 Å². The summed E-state index contributed by atoms with van der Waals surface area (Å²) in [6.07, 6.45) is 2.34. The van der Waals surface area contributed by atoms with E-state index in [1.54, 1.807) is 0 Å². The topological polar surface area (TPSA) is 15.3 Å². The molecule has 0 saturated heterocycles. The fourth-order valence-electron chi connectivity index (χ4n) is 1.81. The summed E-state index contributed by atoms with van der Waals surface area (Å²) >= 11 is 0. The van der Waals surface area contributed by atoms with E-state index < -0.39 is 0 Å². The van der Waals surface area contributed by atoms with E-state index in [0.29, 0.717) is 6.04 Å². The number of nitrogens with zero attached hydrogens (tertiary/aromatic N) is 1. The number of hydrogen-bond donors (Lipinski definition) is 1. The van der Waals surface area contributed by atoms with Crippen LogP contribution in [0.3, 0.4) is 0 Å². The van der Waals surface area contributed by atoms with Gasteiger partial charge in [-0.3, -0.25) is 0 Å². The van der Waals surface area contributed by atoms with Crippen molar-refractivity contribution in [1.29, 1.82) is 0 Å². The van der Waals surface area contributed by atoms with Crippen LogP contribution >= 0.6 is 0 Å². The van der Waals surface area contributed by atoms with Crippen molar-refractivity contribution in [2.24, 2.45) is 0 Å². The zero-order valence-corrected chi connectivity index (χ0v) is 11.4. The molecule has 0 radical (unpaired) electrons. The van der Waals surface area contributed by atoms with Gasteiger partial charge in [-0.25, -0.2) is 0 Å². The van der Waals surface area contributed by atoms with Crippen molar-refractivity contribution in [3.8, 4) is 0 Å². The Morgan fingerprint density at radius 1 is 1.24 bits per heavy atom. The van der Waals surface area contributed by atoms with Crippen LogP contribution < -0.4 is 5.32 Å². The first-order valence-electron chi connectivity index (χ1n) is 6.69. The molecule has 0 aliphatic heterocycles. The molecule has 0 bridgehead atoms. The Kier molecular flexibility index (Phi) is 6.90. The number of nitrogens with one attached hydrogen (secondary N) is 1. The number of likely N-dealkylation sites (N-methyl/N-ethyl adjacent to an activating group) is 1. The maximum Gasteiger partial charge on any atom is 0.0189 e. The molecule has 0 aliphatic carbocycles. The zero-order valence-electron chi connectivity index (χ0n) is 11.4. The predicted octanol–water partition coefficient (Wildman–Crippen LogP) is 2.55. The van der Waals surface area contributed by atoms with Crippen molar-refractivity contribution >= 4 is 0 Å². The third kappa shape index (κ3) is 5.85. The second-order valence-corrected chi connectivity index (χ2v) is 4.77. The number of benzene rings is 1. The molecule has 1 atom stereocenters. The molecule has 1 rings (SSSR count). The molecule has 0 heterocycles. The third-order valence-electron chi connectivity index (χ3n) is 3.21. The summed E-state index contributed by atoms with van der Waals surface area (Å²) in [6.45, 7) is 7.82. The van der Waals surface area contributed by atoms with Gasteiger partial charge in [-0.2, -0.15) is 0 Å². The molecule has 2 heteroatoms. The predicted molar refractivity (Wildman–Crippen MR) is 75.4 cm³/mol. The maximum atomic E-state index is 3.47. The third-order valence-corrected chi connectivity index (χ3v) is 3.21. The summed E-state index contributed by atoms with van der Waals surface area (Å²) in [5.41, 5.74) is 1.42. The fraction of sp³-hybridized carbons (Fsp3) is 0.600. The molecule has 1 unspecified atom stereocenters. The van der Waals surface area contributed by atoms with Gasteiger partial charge >= 0.3 is 0 Å². The van der Waals surface area contributed by atoms with E-state index in [9.17, 15) is 0 Å². The summed E-state index contributed by atoms with van der Waals surface area (Å²) in [5, 5.41) is 3.47. The van der Waals surface area contributed by atoms with Crippen molar-refractivity contribution in [1.82, 2.24) is 10.2 Å². The van der Waals surface area contributed by atoms with Crippen molar-refractivity contribution in [3.05, 3.63) is 35.9 Å². The van der Waals surface area contributed by atoms with Crippen LogP contribution in [0.2, 0.25) is 0 Å². The van der Waals surface area contributed by atoms with Crippen LogP contribution in [-0.2, 0) is 6.42 Å². The smallest absolute Gasteiger partial charge is 0.0189 e. The lowest BCUT2D eigenvalue weighted by atomic mass is 10.1. The van der Waals surface area contributed by atoms with Gasteiger partial charge in [0.25, 0.3) is 0 Å². The summed E-state index contributed by atoms with van der Waals surface area (Å²) < 4.78 is 0. The van der Waals surface area contributed by atoms with E-state index in [1.165, 1.54) is 12.0 Å². The lowest BCUT2D eigenvalue weighted by Crippen LogP contribution is -2.39. The van der Waals surface area contributed by atoms with Crippen LogP contribution in [0.15, 0.2) is 30.3 Å². The molecule has 1 N–H and O–H groups in total. The normalized spacial score (nSPS) is 12.9. The lowest BCUT2D eigenvalue weighted by Gasteiger charge is -2.25. The monoisotopic (exact) mass is 234 g/mol. The van der Waals surface area contributed by atoms with E-state index in [1.807, 2.05) is 0 Å². The first-order chi connectivity index (χ1) is 8.24. The first-order valence-corrected chi connectivity index (χ1v) is 6.69. The van der Waals surface area contributed by atoms with Crippen LogP contribution in [0.1, 0.15) is 25.8 Å². The highest BCUT2D eigenvalue weighted by Gasteiger charge is 2.07. The molecule has 17 heavy (non-hydrogen) atoms. The molecular formula is C15H26N2. The molecule has 0 aliphatic rings. The quantitative estimate of drug-likeness (QED) is 0.695. The summed E-state index contributed by atoms with van der Waals surface area (Å²) in [6, 6.07) is 11.3. The van der Waals surface area contributed by atoms with Crippen LogP contribution in [0.5, 0.6) is 0 Å². The summed E-state index contributed by atoms with van der Waals surface area (Å²) in [4.78, 5) is 2.43. The number of rotatable bonds is 8. The molecule has 0 saturated carbocycles. The highest BCUT2D eigenvalue weighted by atomic mass is 15.1. The minimum Gasteiger partial charge on any atom is -0.315 e. The Morgan fingerprint density at radius 2 is 1.94 bits per heavy atom. The number of hydrogen-bond acceptors (Lipinski definition) is 2. The van der Waals surface area contributed by atoms with E-state index in [2.05, 4.69) is 61.4 Å². The highest BCUT2D eigenvalue weighted by molar-refractivity contribution is 5.14. The average molecular weight is 234 g/mol. The molecule has 0 spiro atoms. The molecule has 96 valence electrons. The minimum absolute atomic E-state index is 0.602. The Balaban J connectivity index is 2.22. The standard InChI is InChI=1S/C15H26N2/c1-4-11-16-13-14(2)17(3)12-10-15-8-6-5-7-9-15/h5-9,14,16H,4,10-13H2,1-3H3. The molecule has 0 aromatic heterocycles. The SMILES string of the molecule is CCCNCC(C)N(C)CCc1ccccc1. The van der Waals surface area contributed by atoms with Crippen LogP contribution in [-0.4, -0.2) is 37.6 Å². The molecular weight excluding hydrogens is 208 g/mol. The van der Waals surface area contributed by atoms with E-state index >= 15 is 0 Å². The van der Waals surface area contributed by atoms with Gasteiger partial charge in [-0.1, -0.05) is 37.3 Å². The van der Waals surface area contributed by atoms with E-state index in [4.69, 9.17) is 0 Å². The van der Waals surface area contributed by atoms with E-state index in [-0.39, 0.29) is 0 Å². The summed E-state index contributed by atoms with van der Waals surface area (Å²) in [7, 11) is 2.21. The molecule has 1 aromatic rings. The van der Waals surface area contributed by atoms with Gasteiger partial charge in [0.1, 0.15) is 0 Å². The van der Waals surface area contributed by atoms with Crippen molar-refractivity contribution < 1.29 is 0 Å². The van der Waals surface area contributed by atoms with Crippen LogP contribution in [0.4, 0.5) is 0 Å². The molecule has 2 nitrogen and oxygen atoms in total.